The second-order valence-electron chi connectivity index (χ2n) is 7.58. The lowest BCUT2D eigenvalue weighted by Crippen LogP contribution is -2.14. The largest absolute Gasteiger partial charge is 0.382 e. The number of hydrogen-bond acceptors (Lipinski definition) is 8. The number of rotatable bonds is 9. The van der Waals surface area contributed by atoms with E-state index in [4.69, 9.17) is 10.3 Å². The Balaban J connectivity index is 1.65. The lowest BCUT2D eigenvalue weighted by atomic mass is 10.2. The van der Waals surface area contributed by atoms with Gasteiger partial charge < -0.3 is 15.6 Å². The Morgan fingerprint density at radius 1 is 1.31 bits per heavy atom. The molecular weight excluding hydrogens is 463 g/mol. The maximum Gasteiger partial charge on any atom is 0.257 e. The topological polar surface area (TPSA) is 138 Å². The SMILES string of the molecule is C=C(F)/C(=C\C=C/CC)Cn1nc(-c2ncc(NC(=O)c3cccnc3)c(N)n2)cc1-c1ccon1. The summed E-state index contributed by atoms with van der Waals surface area (Å²) in [4.78, 5) is 24.9. The Labute approximate surface area is 206 Å². The molecule has 36 heavy (non-hydrogen) atoms. The molecule has 11 heteroatoms. The average molecular weight is 487 g/mol. The highest BCUT2D eigenvalue weighted by atomic mass is 19.1. The molecule has 0 aromatic carbocycles. The first-order valence-corrected chi connectivity index (χ1v) is 11.0. The summed E-state index contributed by atoms with van der Waals surface area (Å²) in [6.45, 7) is 5.50. The predicted molar refractivity (Wildman–Crippen MR) is 133 cm³/mol. The molecule has 0 radical (unpaired) electrons. The molecule has 10 nitrogen and oxygen atoms in total. The van der Waals surface area contributed by atoms with Crippen LogP contribution in [-0.2, 0) is 6.54 Å². The van der Waals surface area contributed by atoms with Crippen molar-refractivity contribution in [3.8, 4) is 22.9 Å². The normalized spacial score (nSPS) is 11.7. The van der Waals surface area contributed by atoms with Crippen molar-refractivity contribution >= 4 is 17.4 Å². The van der Waals surface area contributed by atoms with Gasteiger partial charge in [-0.3, -0.25) is 14.5 Å². The zero-order valence-corrected chi connectivity index (χ0v) is 19.4. The number of nitrogen functional groups attached to an aromatic ring is 1. The van der Waals surface area contributed by atoms with E-state index in [1.807, 2.05) is 13.0 Å². The summed E-state index contributed by atoms with van der Waals surface area (Å²) in [7, 11) is 0. The lowest BCUT2D eigenvalue weighted by molar-refractivity contribution is 0.102. The number of hydrogen-bond donors (Lipinski definition) is 2. The first kappa shape index (κ1) is 24.2. The fourth-order valence-electron chi connectivity index (χ4n) is 3.21. The van der Waals surface area contributed by atoms with Gasteiger partial charge in [0.25, 0.3) is 5.91 Å². The number of nitrogens with zero attached hydrogens (tertiary/aromatic N) is 6. The van der Waals surface area contributed by atoms with Gasteiger partial charge in [-0.2, -0.15) is 5.10 Å². The molecule has 182 valence electrons. The zero-order chi connectivity index (χ0) is 25.5. The second-order valence-corrected chi connectivity index (χ2v) is 7.58. The number of nitrogens with two attached hydrogens (primary N) is 1. The first-order chi connectivity index (χ1) is 17.5. The van der Waals surface area contributed by atoms with Crippen LogP contribution in [0.5, 0.6) is 0 Å². The number of anilines is 2. The van der Waals surface area contributed by atoms with E-state index in [1.165, 1.54) is 18.7 Å². The van der Waals surface area contributed by atoms with Gasteiger partial charge >= 0.3 is 0 Å². The van der Waals surface area contributed by atoms with E-state index < -0.39 is 11.7 Å². The van der Waals surface area contributed by atoms with Crippen molar-refractivity contribution in [2.24, 2.45) is 0 Å². The predicted octanol–water partition coefficient (Wildman–Crippen LogP) is 4.60. The fourth-order valence-corrected chi connectivity index (χ4v) is 3.21. The second kappa shape index (κ2) is 11.0. The van der Waals surface area contributed by atoms with Crippen LogP contribution >= 0.6 is 0 Å². The van der Waals surface area contributed by atoms with Crippen LogP contribution < -0.4 is 11.1 Å². The Morgan fingerprint density at radius 3 is 2.83 bits per heavy atom. The van der Waals surface area contributed by atoms with Gasteiger partial charge in [0.15, 0.2) is 11.6 Å². The van der Waals surface area contributed by atoms with Gasteiger partial charge in [0.05, 0.1) is 24.0 Å². The van der Waals surface area contributed by atoms with E-state index in [0.717, 1.165) is 6.42 Å². The molecule has 0 fully saturated rings. The number of carbonyl (C=O) groups excluding carboxylic acids is 1. The van der Waals surface area contributed by atoms with E-state index in [0.29, 0.717) is 28.2 Å². The highest BCUT2D eigenvalue weighted by Crippen LogP contribution is 2.27. The van der Waals surface area contributed by atoms with E-state index in [1.54, 1.807) is 47.3 Å². The number of nitrogens with one attached hydrogen (secondary N) is 1. The van der Waals surface area contributed by atoms with Crippen LogP contribution in [0.1, 0.15) is 23.7 Å². The van der Waals surface area contributed by atoms with E-state index in [-0.39, 0.29) is 23.9 Å². The summed E-state index contributed by atoms with van der Waals surface area (Å²) in [5, 5.41) is 11.2. The molecule has 0 aliphatic carbocycles. The molecule has 4 aromatic heterocycles. The van der Waals surface area contributed by atoms with Crippen LogP contribution in [0.15, 0.2) is 89.8 Å². The van der Waals surface area contributed by atoms with Gasteiger partial charge in [0.1, 0.15) is 29.2 Å². The molecule has 0 unspecified atom stereocenters. The van der Waals surface area contributed by atoms with Crippen molar-refractivity contribution in [1.29, 1.82) is 0 Å². The third-order valence-electron chi connectivity index (χ3n) is 5.04. The Kier molecular flexibility index (Phi) is 7.39. The van der Waals surface area contributed by atoms with E-state index in [9.17, 15) is 9.18 Å². The van der Waals surface area contributed by atoms with Gasteiger partial charge in [0, 0.05) is 24.0 Å². The maximum atomic E-state index is 14.2. The zero-order valence-electron chi connectivity index (χ0n) is 19.4. The number of pyridine rings is 1. The fraction of sp³-hybridized carbons (Fsp3) is 0.120. The summed E-state index contributed by atoms with van der Waals surface area (Å²) in [5.41, 5.74) is 8.46. The number of amides is 1. The first-order valence-electron chi connectivity index (χ1n) is 11.0. The summed E-state index contributed by atoms with van der Waals surface area (Å²) in [6, 6.07) is 6.63. The van der Waals surface area contributed by atoms with Crippen molar-refractivity contribution in [3.05, 3.63) is 90.9 Å². The minimum absolute atomic E-state index is 0.0530. The van der Waals surface area contributed by atoms with Crippen LogP contribution in [0.3, 0.4) is 0 Å². The van der Waals surface area contributed by atoms with Crippen LogP contribution in [0, 0.1) is 0 Å². The van der Waals surface area contributed by atoms with E-state index >= 15 is 0 Å². The van der Waals surface area contributed by atoms with Crippen molar-refractivity contribution in [2.45, 2.75) is 19.9 Å². The molecule has 0 spiro atoms. The molecule has 4 heterocycles. The summed E-state index contributed by atoms with van der Waals surface area (Å²) < 4.78 is 20.7. The molecule has 0 saturated carbocycles. The van der Waals surface area contributed by atoms with Gasteiger partial charge in [-0.05, 0) is 24.6 Å². The van der Waals surface area contributed by atoms with Gasteiger partial charge in [0.2, 0.25) is 0 Å². The minimum Gasteiger partial charge on any atom is -0.382 e. The Morgan fingerprint density at radius 2 is 2.17 bits per heavy atom. The van der Waals surface area contributed by atoms with Crippen LogP contribution in [0.25, 0.3) is 22.9 Å². The third kappa shape index (κ3) is 5.58. The molecule has 4 aromatic rings. The molecule has 0 aliphatic heterocycles. The standard InChI is InChI=1S/C25H23FN8O2/c1-3-4-5-7-18(16(2)26)15-34-22(19-9-11-36-33-19)12-20(32-34)24-29-14-21(23(27)31-24)30-25(35)17-8-6-10-28-13-17/h4-14H,2-3,15H2,1H3,(H,30,35)(H2,27,29,31)/b5-4-,18-7-. The lowest BCUT2D eigenvalue weighted by Gasteiger charge is -2.08. The van der Waals surface area contributed by atoms with Gasteiger partial charge in [-0.25, -0.2) is 14.4 Å². The molecular formula is C25H23FN8O2. The molecule has 0 saturated heterocycles. The number of allylic oxidation sites excluding steroid dienone is 5. The highest BCUT2D eigenvalue weighted by molar-refractivity contribution is 6.05. The smallest absolute Gasteiger partial charge is 0.257 e. The summed E-state index contributed by atoms with van der Waals surface area (Å²) in [6.07, 6.45) is 12.0. The van der Waals surface area contributed by atoms with Crippen molar-refractivity contribution in [3.63, 3.8) is 0 Å². The maximum absolute atomic E-state index is 14.2. The molecule has 1 amide bonds. The van der Waals surface area contributed by atoms with Gasteiger partial charge in [-0.15, -0.1) is 0 Å². The third-order valence-corrected chi connectivity index (χ3v) is 5.04. The Bertz CT molecular complexity index is 1430. The number of aromatic nitrogens is 6. The van der Waals surface area contributed by atoms with Crippen LogP contribution in [0.4, 0.5) is 15.9 Å². The van der Waals surface area contributed by atoms with E-state index in [2.05, 4.69) is 37.1 Å². The summed E-state index contributed by atoms with van der Waals surface area (Å²) in [5.74, 6) is -0.706. The summed E-state index contributed by atoms with van der Waals surface area (Å²) >= 11 is 0. The quantitative estimate of drug-likeness (QED) is 0.327. The van der Waals surface area contributed by atoms with Gasteiger partial charge in [-0.1, -0.05) is 36.9 Å². The molecule has 0 atom stereocenters. The van der Waals surface area contributed by atoms with Crippen molar-refractivity contribution in [2.75, 3.05) is 11.1 Å². The average Bonchev–Trinajstić information content (AvgIpc) is 3.55. The molecule has 4 rings (SSSR count). The highest BCUT2D eigenvalue weighted by Gasteiger charge is 2.18. The monoisotopic (exact) mass is 486 g/mol. The number of halogens is 1. The van der Waals surface area contributed by atoms with Crippen LogP contribution in [-0.4, -0.2) is 35.8 Å². The van der Waals surface area contributed by atoms with Crippen LogP contribution in [0.2, 0.25) is 0 Å². The minimum atomic E-state index is -0.576. The van der Waals surface area contributed by atoms with Crippen molar-refractivity contribution in [1.82, 2.24) is 29.9 Å². The Hall–Kier alpha value is -4.93. The molecule has 0 aliphatic rings. The number of carbonyl (C=O) groups is 1. The molecule has 0 bridgehead atoms. The van der Waals surface area contributed by atoms with Crippen molar-refractivity contribution < 1.29 is 13.7 Å². The molecule has 3 N–H and O–H groups in total.